The van der Waals surface area contributed by atoms with Gasteiger partial charge in [0.2, 0.25) is 0 Å². The average molecular weight is 477 g/mol. The summed E-state index contributed by atoms with van der Waals surface area (Å²) in [7, 11) is 0. The highest BCUT2D eigenvalue weighted by molar-refractivity contribution is 5.86. The Bertz CT molecular complexity index is 980. The SMILES string of the molecule is C=C(C)C(=O)OCCOc1cc(-c2ccc(C3CCC(C4CCCCC4)CC3)cc2)ccc1CO. The molecule has 0 saturated heterocycles. The van der Waals surface area contributed by atoms with E-state index < -0.39 is 5.97 Å². The molecule has 188 valence electrons. The zero-order valence-corrected chi connectivity index (χ0v) is 21.1. The molecule has 4 heteroatoms. The summed E-state index contributed by atoms with van der Waals surface area (Å²) in [6.45, 7) is 5.44. The number of hydrogen-bond donors (Lipinski definition) is 1. The van der Waals surface area contributed by atoms with Crippen molar-refractivity contribution in [2.75, 3.05) is 13.2 Å². The molecule has 0 heterocycles. The highest BCUT2D eigenvalue weighted by Gasteiger charge is 2.29. The second-order valence-corrected chi connectivity index (χ2v) is 10.4. The van der Waals surface area contributed by atoms with E-state index in [1.165, 1.54) is 63.4 Å². The molecule has 2 saturated carbocycles. The standard InChI is InChI=1S/C31H40O4/c1-22(2)31(33)35-19-18-34-30-20-28(16-17-29(30)21-32)27-14-12-26(13-15-27)25-10-8-24(9-11-25)23-6-4-3-5-7-23/h12-17,20,23-25,32H,1,3-11,18-19,21H2,2H3. The Balaban J connectivity index is 1.34. The van der Waals surface area contributed by atoms with E-state index >= 15 is 0 Å². The molecule has 2 aliphatic carbocycles. The van der Waals surface area contributed by atoms with Crippen LogP contribution in [0.4, 0.5) is 0 Å². The van der Waals surface area contributed by atoms with Crippen molar-refractivity contribution >= 4 is 5.97 Å². The third-order valence-electron chi connectivity index (χ3n) is 7.96. The molecule has 1 N–H and O–H groups in total. The van der Waals surface area contributed by atoms with Crippen molar-refractivity contribution in [1.82, 2.24) is 0 Å². The van der Waals surface area contributed by atoms with Gasteiger partial charge in [-0.25, -0.2) is 4.79 Å². The number of carbonyl (C=O) groups excluding carboxylic acids is 1. The smallest absolute Gasteiger partial charge is 0.333 e. The number of rotatable bonds is 9. The largest absolute Gasteiger partial charge is 0.490 e. The second-order valence-electron chi connectivity index (χ2n) is 10.4. The molecule has 4 rings (SSSR count). The van der Waals surface area contributed by atoms with E-state index in [9.17, 15) is 9.90 Å². The quantitative estimate of drug-likeness (QED) is 0.236. The third-order valence-corrected chi connectivity index (χ3v) is 7.96. The highest BCUT2D eigenvalue weighted by atomic mass is 16.6. The third kappa shape index (κ3) is 6.76. The summed E-state index contributed by atoms with van der Waals surface area (Å²) in [4.78, 5) is 11.5. The fourth-order valence-electron chi connectivity index (χ4n) is 5.89. The average Bonchev–Trinajstić information content (AvgIpc) is 2.91. The van der Waals surface area contributed by atoms with Crippen molar-refractivity contribution in [3.05, 3.63) is 65.7 Å². The Labute approximate surface area is 210 Å². The van der Waals surface area contributed by atoms with E-state index in [2.05, 4.69) is 30.8 Å². The lowest BCUT2D eigenvalue weighted by Crippen LogP contribution is -2.23. The molecule has 2 aromatic carbocycles. The van der Waals surface area contributed by atoms with E-state index in [0.717, 1.165) is 23.0 Å². The number of carbonyl (C=O) groups is 1. The van der Waals surface area contributed by atoms with Crippen molar-refractivity contribution < 1.29 is 19.4 Å². The highest BCUT2D eigenvalue weighted by Crippen LogP contribution is 2.43. The van der Waals surface area contributed by atoms with Crippen molar-refractivity contribution in [2.45, 2.75) is 77.2 Å². The van der Waals surface area contributed by atoms with Crippen molar-refractivity contribution in [3.8, 4) is 16.9 Å². The summed E-state index contributed by atoms with van der Waals surface area (Å²) in [6, 6.07) is 14.9. The van der Waals surface area contributed by atoms with Crippen LogP contribution in [0.1, 0.15) is 81.8 Å². The van der Waals surface area contributed by atoms with Gasteiger partial charge in [-0.2, -0.15) is 0 Å². The van der Waals surface area contributed by atoms with Gasteiger partial charge < -0.3 is 14.6 Å². The van der Waals surface area contributed by atoms with Crippen LogP contribution in [0, 0.1) is 11.8 Å². The lowest BCUT2D eigenvalue weighted by Gasteiger charge is -2.36. The summed E-state index contributed by atoms with van der Waals surface area (Å²) < 4.78 is 10.9. The summed E-state index contributed by atoms with van der Waals surface area (Å²) >= 11 is 0. The zero-order chi connectivity index (χ0) is 24.6. The maximum Gasteiger partial charge on any atom is 0.333 e. The number of aliphatic hydroxyl groups is 1. The molecule has 0 bridgehead atoms. The first-order chi connectivity index (χ1) is 17.0. The molecule has 2 aromatic rings. The first-order valence-electron chi connectivity index (χ1n) is 13.3. The minimum atomic E-state index is -0.424. The van der Waals surface area contributed by atoms with Gasteiger partial charge in [-0.15, -0.1) is 0 Å². The molecule has 0 radical (unpaired) electrons. The first-order valence-corrected chi connectivity index (χ1v) is 13.3. The predicted molar refractivity (Wildman–Crippen MR) is 140 cm³/mol. The summed E-state index contributed by atoms with van der Waals surface area (Å²) in [5, 5.41) is 9.70. The van der Waals surface area contributed by atoms with Crippen molar-refractivity contribution in [2.24, 2.45) is 11.8 Å². The van der Waals surface area contributed by atoms with Crippen LogP contribution in [-0.4, -0.2) is 24.3 Å². The zero-order valence-electron chi connectivity index (χ0n) is 21.1. The molecule has 35 heavy (non-hydrogen) atoms. The maximum atomic E-state index is 11.5. The lowest BCUT2D eigenvalue weighted by molar-refractivity contribution is -0.139. The van der Waals surface area contributed by atoms with E-state index in [-0.39, 0.29) is 19.8 Å². The second kappa shape index (κ2) is 12.4. The molecule has 0 unspecified atom stereocenters. The molecule has 0 amide bonds. The van der Waals surface area contributed by atoms with Gasteiger partial charge in [-0.1, -0.05) is 75.1 Å². The van der Waals surface area contributed by atoms with Gasteiger partial charge in [0.25, 0.3) is 0 Å². The van der Waals surface area contributed by atoms with Crippen LogP contribution in [0.15, 0.2) is 54.6 Å². The molecule has 4 nitrogen and oxygen atoms in total. The molecule has 0 aromatic heterocycles. The van der Waals surface area contributed by atoms with Gasteiger partial charge in [0.1, 0.15) is 19.0 Å². The lowest BCUT2D eigenvalue weighted by atomic mass is 9.70. The normalized spacial score (nSPS) is 20.9. The fourth-order valence-corrected chi connectivity index (χ4v) is 5.89. The van der Waals surface area contributed by atoms with Crippen LogP contribution in [0.2, 0.25) is 0 Å². The summed E-state index contributed by atoms with van der Waals surface area (Å²) in [6.07, 6.45) is 12.7. The molecule has 0 spiro atoms. The van der Waals surface area contributed by atoms with Crippen LogP contribution < -0.4 is 4.74 Å². The Kier molecular flexibility index (Phi) is 9.03. The van der Waals surface area contributed by atoms with Crippen LogP contribution in [0.5, 0.6) is 5.75 Å². The van der Waals surface area contributed by atoms with E-state index in [1.54, 1.807) is 6.92 Å². The minimum Gasteiger partial charge on any atom is -0.490 e. The van der Waals surface area contributed by atoms with E-state index in [4.69, 9.17) is 9.47 Å². The Morgan fingerprint density at radius 2 is 1.54 bits per heavy atom. The predicted octanol–water partition coefficient (Wildman–Crippen LogP) is 7.20. The van der Waals surface area contributed by atoms with Crippen molar-refractivity contribution in [1.29, 1.82) is 0 Å². The first kappa shape index (κ1) is 25.5. The molecule has 0 atom stereocenters. The fraction of sp³-hybridized carbons (Fsp3) is 0.516. The van der Waals surface area contributed by atoms with Gasteiger partial charge in [-0.3, -0.25) is 0 Å². The molecular formula is C31H40O4. The molecule has 2 fully saturated rings. The van der Waals surface area contributed by atoms with Crippen LogP contribution >= 0.6 is 0 Å². The van der Waals surface area contributed by atoms with Crippen LogP contribution in [-0.2, 0) is 16.1 Å². The van der Waals surface area contributed by atoms with Crippen LogP contribution in [0.25, 0.3) is 11.1 Å². The number of ether oxygens (including phenoxy) is 2. The Hall–Kier alpha value is -2.59. The van der Waals surface area contributed by atoms with Crippen molar-refractivity contribution in [3.63, 3.8) is 0 Å². The van der Waals surface area contributed by atoms with E-state index in [1.807, 2.05) is 18.2 Å². The minimum absolute atomic E-state index is 0.108. The number of aliphatic hydroxyl groups excluding tert-OH is 1. The van der Waals surface area contributed by atoms with Gasteiger partial charge in [0.05, 0.1) is 6.61 Å². The van der Waals surface area contributed by atoms with Crippen LogP contribution in [0.3, 0.4) is 0 Å². The molecular weight excluding hydrogens is 436 g/mol. The number of hydrogen-bond acceptors (Lipinski definition) is 4. The summed E-state index contributed by atoms with van der Waals surface area (Å²) in [5.74, 6) is 2.82. The molecule has 0 aliphatic heterocycles. The Morgan fingerprint density at radius 3 is 2.20 bits per heavy atom. The number of esters is 1. The topological polar surface area (TPSA) is 55.8 Å². The molecule has 2 aliphatic rings. The van der Waals surface area contributed by atoms with Gasteiger partial charge in [0.15, 0.2) is 0 Å². The monoisotopic (exact) mass is 476 g/mol. The maximum absolute atomic E-state index is 11.5. The number of benzene rings is 2. The van der Waals surface area contributed by atoms with E-state index in [0.29, 0.717) is 22.8 Å². The van der Waals surface area contributed by atoms with Gasteiger partial charge in [0, 0.05) is 11.1 Å². The summed E-state index contributed by atoms with van der Waals surface area (Å²) in [5.41, 5.74) is 4.71. The van der Waals surface area contributed by atoms with Gasteiger partial charge >= 0.3 is 5.97 Å². The Morgan fingerprint density at radius 1 is 0.886 bits per heavy atom. The van der Waals surface area contributed by atoms with Gasteiger partial charge in [-0.05, 0) is 73.1 Å².